The summed E-state index contributed by atoms with van der Waals surface area (Å²) in [6, 6.07) is 7.13. The summed E-state index contributed by atoms with van der Waals surface area (Å²) in [5, 5.41) is 15.4. The van der Waals surface area contributed by atoms with Crippen LogP contribution in [-0.2, 0) is 9.59 Å². The number of amides is 1. The van der Waals surface area contributed by atoms with Gasteiger partial charge in [-0.2, -0.15) is 0 Å². The van der Waals surface area contributed by atoms with Gasteiger partial charge in [0.2, 0.25) is 5.91 Å². The highest BCUT2D eigenvalue weighted by Gasteiger charge is 2.06. The van der Waals surface area contributed by atoms with E-state index in [2.05, 4.69) is 10.3 Å². The molecule has 0 unspecified atom stereocenters. The smallest absolute Gasteiger partial charge is 0.250 e. The van der Waals surface area contributed by atoms with Crippen molar-refractivity contribution < 1.29 is 14.7 Å². The summed E-state index contributed by atoms with van der Waals surface area (Å²) in [5.74, 6) is -2.01. The SMILES string of the molecule is O=C([O-])/C=C/C(=O)Nc1nc(-c2ccc(Cl)cc2)cs1. The first-order valence-corrected chi connectivity index (χ1v) is 6.72. The zero-order valence-corrected chi connectivity index (χ0v) is 11.6. The lowest BCUT2D eigenvalue weighted by atomic mass is 10.2. The van der Waals surface area contributed by atoms with Crippen LogP contribution in [0, 0.1) is 0 Å². The topological polar surface area (TPSA) is 82.1 Å². The molecule has 0 spiro atoms. The number of carboxylic acids is 1. The number of nitrogens with one attached hydrogen (secondary N) is 1. The van der Waals surface area contributed by atoms with Crippen molar-refractivity contribution in [3.8, 4) is 11.3 Å². The van der Waals surface area contributed by atoms with Crippen molar-refractivity contribution >= 4 is 39.9 Å². The zero-order valence-electron chi connectivity index (χ0n) is 10.00. The summed E-state index contributed by atoms with van der Waals surface area (Å²) in [4.78, 5) is 25.8. The Morgan fingerprint density at radius 1 is 1.25 bits per heavy atom. The lowest BCUT2D eigenvalue weighted by molar-refractivity contribution is -0.297. The lowest BCUT2D eigenvalue weighted by Crippen LogP contribution is -2.20. The number of anilines is 1. The maximum absolute atomic E-state index is 11.4. The third-order valence-electron chi connectivity index (χ3n) is 2.25. The predicted molar refractivity (Wildman–Crippen MR) is 75.3 cm³/mol. The number of hydrogen-bond acceptors (Lipinski definition) is 5. The van der Waals surface area contributed by atoms with Crippen molar-refractivity contribution in [3.05, 3.63) is 46.8 Å². The van der Waals surface area contributed by atoms with Gasteiger partial charge in [-0.15, -0.1) is 11.3 Å². The Labute approximate surface area is 123 Å². The highest BCUT2D eigenvalue weighted by Crippen LogP contribution is 2.25. The molecule has 2 rings (SSSR count). The molecule has 1 N–H and O–H groups in total. The Kier molecular flexibility index (Phi) is 4.49. The van der Waals surface area contributed by atoms with E-state index in [4.69, 9.17) is 11.6 Å². The maximum Gasteiger partial charge on any atom is 0.250 e. The number of carbonyl (C=O) groups excluding carboxylic acids is 2. The Bertz CT molecular complexity index is 665. The van der Waals surface area contributed by atoms with Crippen molar-refractivity contribution in [1.82, 2.24) is 4.98 Å². The number of aromatic nitrogens is 1. The van der Waals surface area contributed by atoms with Crippen molar-refractivity contribution in [2.45, 2.75) is 0 Å². The normalized spacial score (nSPS) is 10.7. The van der Waals surface area contributed by atoms with Gasteiger partial charge in [0.05, 0.1) is 11.7 Å². The molecule has 0 saturated heterocycles. The van der Waals surface area contributed by atoms with Crippen LogP contribution in [0.15, 0.2) is 41.8 Å². The summed E-state index contributed by atoms with van der Waals surface area (Å²) >= 11 is 7.04. The van der Waals surface area contributed by atoms with Crippen LogP contribution in [0.25, 0.3) is 11.3 Å². The Morgan fingerprint density at radius 3 is 2.60 bits per heavy atom. The number of nitrogens with zero attached hydrogens (tertiary/aromatic N) is 1. The molecular weight excluding hydrogens is 300 g/mol. The molecule has 102 valence electrons. The van der Waals surface area contributed by atoms with Crippen LogP contribution in [0.1, 0.15) is 0 Å². The standard InChI is InChI=1S/C13H9ClN2O3S/c14-9-3-1-8(2-4-9)10-7-20-13(15-10)16-11(17)5-6-12(18)19/h1-7H,(H,18,19)(H,15,16,17)/p-1/b6-5+. The molecule has 0 radical (unpaired) electrons. The molecule has 1 aromatic carbocycles. The minimum atomic E-state index is -1.43. The minimum Gasteiger partial charge on any atom is -0.545 e. The number of rotatable bonds is 4. The summed E-state index contributed by atoms with van der Waals surface area (Å²) < 4.78 is 0. The van der Waals surface area contributed by atoms with Crippen LogP contribution in [0.5, 0.6) is 0 Å². The molecule has 0 bridgehead atoms. The van der Waals surface area contributed by atoms with E-state index in [1.807, 2.05) is 12.1 Å². The average Bonchev–Trinajstić information content (AvgIpc) is 2.85. The van der Waals surface area contributed by atoms with Crippen molar-refractivity contribution in [1.29, 1.82) is 0 Å². The Morgan fingerprint density at radius 2 is 1.95 bits per heavy atom. The molecule has 0 saturated carbocycles. The van der Waals surface area contributed by atoms with Crippen molar-refractivity contribution in [2.75, 3.05) is 5.32 Å². The molecule has 2 aromatic rings. The molecule has 20 heavy (non-hydrogen) atoms. The van der Waals surface area contributed by atoms with E-state index in [1.165, 1.54) is 11.3 Å². The largest absolute Gasteiger partial charge is 0.545 e. The first-order chi connectivity index (χ1) is 9.54. The molecule has 0 aliphatic heterocycles. The van der Waals surface area contributed by atoms with Crippen molar-refractivity contribution in [3.63, 3.8) is 0 Å². The minimum absolute atomic E-state index is 0.378. The van der Waals surface area contributed by atoms with Gasteiger partial charge in [-0.1, -0.05) is 23.7 Å². The quantitative estimate of drug-likeness (QED) is 0.872. The molecule has 7 heteroatoms. The maximum atomic E-state index is 11.4. The van der Waals surface area contributed by atoms with Gasteiger partial charge in [0.1, 0.15) is 0 Å². The van der Waals surface area contributed by atoms with Gasteiger partial charge in [-0.05, 0) is 18.2 Å². The second kappa shape index (κ2) is 6.31. The van der Waals surface area contributed by atoms with Gasteiger partial charge >= 0.3 is 0 Å². The van der Waals surface area contributed by atoms with E-state index in [0.717, 1.165) is 11.6 Å². The van der Waals surface area contributed by atoms with Gasteiger partial charge in [-0.3, -0.25) is 10.1 Å². The van der Waals surface area contributed by atoms with Crippen LogP contribution in [0.4, 0.5) is 5.13 Å². The highest BCUT2D eigenvalue weighted by molar-refractivity contribution is 7.14. The average molecular weight is 308 g/mol. The van der Waals surface area contributed by atoms with Gasteiger partial charge in [-0.25, -0.2) is 4.98 Å². The van der Waals surface area contributed by atoms with Crippen LogP contribution < -0.4 is 10.4 Å². The Balaban J connectivity index is 2.07. The number of hydrogen-bond donors (Lipinski definition) is 1. The van der Waals surface area contributed by atoms with Crippen LogP contribution in [-0.4, -0.2) is 16.9 Å². The van der Waals surface area contributed by atoms with E-state index in [9.17, 15) is 14.7 Å². The van der Waals surface area contributed by atoms with Gasteiger partial charge in [0.25, 0.3) is 0 Å². The summed E-state index contributed by atoms with van der Waals surface area (Å²) in [7, 11) is 0. The first-order valence-electron chi connectivity index (χ1n) is 5.46. The van der Waals surface area contributed by atoms with Gasteiger partial charge in [0.15, 0.2) is 5.13 Å². The number of halogens is 1. The first kappa shape index (κ1) is 14.2. The fraction of sp³-hybridized carbons (Fsp3) is 0. The van der Waals surface area contributed by atoms with Crippen LogP contribution in [0.3, 0.4) is 0 Å². The molecule has 0 aliphatic rings. The number of carbonyl (C=O) groups is 2. The van der Waals surface area contributed by atoms with Gasteiger partial charge in [0, 0.05) is 22.0 Å². The second-order valence-electron chi connectivity index (χ2n) is 3.69. The monoisotopic (exact) mass is 307 g/mol. The second-order valence-corrected chi connectivity index (χ2v) is 4.98. The molecular formula is C13H8ClN2O3S-. The van der Waals surface area contributed by atoms with Crippen LogP contribution >= 0.6 is 22.9 Å². The summed E-state index contributed by atoms with van der Waals surface area (Å²) in [6.45, 7) is 0. The molecule has 0 atom stereocenters. The van der Waals surface area contributed by atoms with E-state index in [-0.39, 0.29) is 0 Å². The van der Waals surface area contributed by atoms with Gasteiger partial charge < -0.3 is 9.90 Å². The third-order valence-corrected chi connectivity index (χ3v) is 3.25. The van der Waals surface area contributed by atoms with Crippen molar-refractivity contribution in [2.24, 2.45) is 0 Å². The number of aliphatic carboxylic acids is 1. The van der Waals surface area contributed by atoms with E-state index < -0.39 is 11.9 Å². The summed E-state index contributed by atoms with van der Waals surface area (Å²) in [5.41, 5.74) is 1.57. The zero-order chi connectivity index (χ0) is 14.5. The highest BCUT2D eigenvalue weighted by atomic mass is 35.5. The summed E-state index contributed by atoms with van der Waals surface area (Å²) in [6.07, 6.45) is 1.53. The molecule has 1 heterocycles. The lowest BCUT2D eigenvalue weighted by Gasteiger charge is -1.97. The third kappa shape index (κ3) is 3.91. The van der Waals surface area contributed by atoms with Crippen LogP contribution in [0.2, 0.25) is 5.02 Å². The fourth-order valence-corrected chi connectivity index (χ4v) is 2.22. The number of benzene rings is 1. The molecule has 5 nitrogen and oxygen atoms in total. The molecule has 1 amide bonds. The Hall–Kier alpha value is -2.18. The van der Waals surface area contributed by atoms with E-state index >= 15 is 0 Å². The molecule has 1 aromatic heterocycles. The van der Waals surface area contributed by atoms with E-state index in [1.54, 1.807) is 17.5 Å². The van der Waals surface area contributed by atoms with E-state index in [0.29, 0.717) is 21.9 Å². The number of carboxylic acid groups (broad SMARTS) is 1. The molecule has 0 aliphatic carbocycles. The number of thiazole rings is 1. The fourth-order valence-electron chi connectivity index (χ4n) is 1.38. The predicted octanol–water partition coefficient (Wildman–Crippen LogP) is 1.71. The molecule has 0 fully saturated rings.